The number of aromatic nitrogens is 2. The van der Waals surface area contributed by atoms with E-state index in [1.165, 1.54) is 11.7 Å². The first-order valence-electron chi connectivity index (χ1n) is 11.7. The molecule has 4 rings (SSSR count). The van der Waals surface area contributed by atoms with Crippen LogP contribution in [0.2, 0.25) is 0 Å². The fraction of sp³-hybridized carbons (Fsp3) is 0.370. The number of nitrogens with zero attached hydrogens (tertiary/aromatic N) is 6. The van der Waals surface area contributed by atoms with Gasteiger partial charge in [0.25, 0.3) is 11.4 Å². The maximum atomic E-state index is 13.1. The van der Waals surface area contributed by atoms with Gasteiger partial charge in [0.15, 0.2) is 0 Å². The van der Waals surface area contributed by atoms with Gasteiger partial charge in [-0.15, -0.1) is 4.98 Å². The minimum atomic E-state index is -0.382. The number of rotatable bonds is 4. The summed E-state index contributed by atoms with van der Waals surface area (Å²) in [5.41, 5.74) is 2.71. The van der Waals surface area contributed by atoms with Crippen molar-refractivity contribution in [3.05, 3.63) is 74.9 Å². The van der Waals surface area contributed by atoms with Crippen molar-refractivity contribution in [2.75, 3.05) is 25.1 Å². The number of benzene rings is 1. The number of fused-ring (bicyclic) bond motifs is 1. The van der Waals surface area contributed by atoms with Crippen molar-refractivity contribution in [1.29, 1.82) is 5.26 Å². The van der Waals surface area contributed by atoms with Gasteiger partial charge in [-0.3, -0.25) is 9.69 Å². The average Bonchev–Trinajstić information content (AvgIpc) is 2.90. The minimum Gasteiger partial charge on any atom is -0.465 e. The maximum Gasteiger partial charge on any atom is 0.337 e. The van der Waals surface area contributed by atoms with E-state index >= 15 is 0 Å². The van der Waals surface area contributed by atoms with Gasteiger partial charge in [0.2, 0.25) is 5.52 Å². The monoisotopic (exact) mass is 484 g/mol. The van der Waals surface area contributed by atoms with Crippen LogP contribution in [-0.4, -0.2) is 52.7 Å². The lowest BCUT2D eigenvalue weighted by atomic mass is 9.98. The summed E-state index contributed by atoms with van der Waals surface area (Å²) < 4.78 is 6.29. The van der Waals surface area contributed by atoms with Crippen molar-refractivity contribution in [1.82, 2.24) is 14.5 Å². The Morgan fingerprint density at radius 1 is 1.25 bits per heavy atom. The first-order valence-corrected chi connectivity index (χ1v) is 11.7. The van der Waals surface area contributed by atoms with E-state index in [1.807, 2.05) is 18.2 Å². The Hall–Kier alpha value is -4.21. The van der Waals surface area contributed by atoms with Crippen LogP contribution >= 0.6 is 0 Å². The molecule has 1 aromatic carbocycles. The number of pyridine rings is 2. The summed E-state index contributed by atoms with van der Waals surface area (Å²) in [5, 5.41) is 9.95. The molecule has 0 bridgehead atoms. The van der Waals surface area contributed by atoms with Gasteiger partial charge < -0.3 is 19.0 Å². The molecule has 1 aliphatic rings. The Bertz CT molecular complexity index is 1480. The smallest absolute Gasteiger partial charge is 0.337 e. The van der Waals surface area contributed by atoms with E-state index in [1.54, 1.807) is 25.2 Å². The van der Waals surface area contributed by atoms with Crippen LogP contribution in [-0.2, 0) is 11.8 Å². The van der Waals surface area contributed by atoms with Crippen LogP contribution in [0.3, 0.4) is 0 Å². The number of carbonyl (C=O) groups excluding carboxylic acids is 1. The number of anilines is 1. The molecule has 1 fully saturated rings. The lowest BCUT2D eigenvalue weighted by molar-refractivity contribution is 0.0600. The summed E-state index contributed by atoms with van der Waals surface area (Å²) in [4.78, 5) is 37.5. The highest BCUT2D eigenvalue weighted by molar-refractivity contribution is 5.93. The molecule has 9 heteroatoms. The maximum absolute atomic E-state index is 13.1. The van der Waals surface area contributed by atoms with Crippen LogP contribution in [0.4, 0.5) is 11.5 Å². The Labute approximate surface area is 210 Å². The van der Waals surface area contributed by atoms with Crippen LogP contribution in [0.25, 0.3) is 15.9 Å². The largest absolute Gasteiger partial charge is 0.465 e. The van der Waals surface area contributed by atoms with Gasteiger partial charge in [0.05, 0.1) is 18.2 Å². The molecule has 0 aliphatic carbocycles. The van der Waals surface area contributed by atoms with Gasteiger partial charge in [0, 0.05) is 38.3 Å². The SMILES string of the molecule is [C-]#[N+]c1ccc2c(n1)c(N1C[C@@H](C)N(C(C)c3cccc(C(=O)OC)c3)C[C@@H]1C)c(C#N)c(=O)n2C. The van der Waals surface area contributed by atoms with Gasteiger partial charge >= 0.3 is 5.97 Å². The van der Waals surface area contributed by atoms with Crippen molar-refractivity contribution in [2.24, 2.45) is 7.05 Å². The van der Waals surface area contributed by atoms with Crippen molar-refractivity contribution in [2.45, 2.75) is 38.9 Å². The van der Waals surface area contributed by atoms with E-state index in [0.29, 0.717) is 35.4 Å². The van der Waals surface area contributed by atoms with E-state index in [2.05, 4.69) is 46.5 Å². The first kappa shape index (κ1) is 24.9. The Balaban J connectivity index is 1.74. The van der Waals surface area contributed by atoms with Gasteiger partial charge in [-0.05, 0) is 50.6 Å². The third-order valence-electron chi connectivity index (χ3n) is 7.04. The summed E-state index contributed by atoms with van der Waals surface area (Å²) in [6.07, 6.45) is 0. The number of methoxy groups -OCH3 is 1. The topological polar surface area (TPSA) is 95.8 Å². The van der Waals surface area contributed by atoms with Crippen molar-refractivity contribution in [3.63, 3.8) is 0 Å². The lowest BCUT2D eigenvalue weighted by Crippen LogP contribution is -2.57. The van der Waals surface area contributed by atoms with E-state index < -0.39 is 0 Å². The number of ether oxygens (including phenoxy) is 1. The molecule has 3 atom stereocenters. The second kappa shape index (κ2) is 9.80. The first-order chi connectivity index (χ1) is 17.2. The molecule has 1 saturated heterocycles. The fourth-order valence-corrected chi connectivity index (χ4v) is 5.07. The number of piperazine rings is 1. The van der Waals surface area contributed by atoms with Crippen molar-refractivity contribution >= 4 is 28.5 Å². The molecular formula is C27H28N6O3. The minimum absolute atomic E-state index is 0.0249. The van der Waals surface area contributed by atoms with E-state index in [4.69, 9.17) is 11.3 Å². The number of aryl methyl sites for hydroxylation is 1. The molecule has 0 saturated carbocycles. The second-order valence-corrected chi connectivity index (χ2v) is 9.19. The van der Waals surface area contributed by atoms with E-state index in [0.717, 1.165) is 5.56 Å². The van der Waals surface area contributed by atoms with Crippen LogP contribution in [0.5, 0.6) is 0 Å². The quantitative estimate of drug-likeness (QED) is 0.410. The van der Waals surface area contributed by atoms with Gasteiger partial charge in [0.1, 0.15) is 17.3 Å². The summed E-state index contributed by atoms with van der Waals surface area (Å²) >= 11 is 0. The lowest BCUT2D eigenvalue weighted by Gasteiger charge is -2.47. The predicted molar refractivity (Wildman–Crippen MR) is 137 cm³/mol. The third-order valence-corrected chi connectivity index (χ3v) is 7.04. The summed E-state index contributed by atoms with van der Waals surface area (Å²) in [7, 11) is 2.98. The number of hydrogen-bond acceptors (Lipinski definition) is 7. The summed E-state index contributed by atoms with van der Waals surface area (Å²) in [5.74, 6) is -0.159. The molecule has 9 nitrogen and oxygen atoms in total. The third kappa shape index (κ3) is 4.19. The van der Waals surface area contributed by atoms with Gasteiger partial charge in [-0.2, -0.15) is 5.26 Å². The van der Waals surface area contributed by atoms with Crippen molar-refractivity contribution < 1.29 is 9.53 Å². The van der Waals surface area contributed by atoms with E-state index in [9.17, 15) is 14.9 Å². The molecule has 36 heavy (non-hydrogen) atoms. The highest BCUT2D eigenvalue weighted by atomic mass is 16.5. The van der Waals surface area contributed by atoms with Gasteiger partial charge in [-0.1, -0.05) is 18.7 Å². The van der Waals surface area contributed by atoms with E-state index in [-0.39, 0.29) is 41.0 Å². The normalized spacial score (nSPS) is 18.9. The number of hydrogen-bond donors (Lipinski definition) is 0. The van der Waals surface area contributed by atoms with Crippen LogP contribution < -0.4 is 10.5 Å². The number of esters is 1. The molecule has 0 amide bonds. The zero-order chi connectivity index (χ0) is 26.1. The molecule has 0 spiro atoms. The Kier molecular flexibility index (Phi) is 6.78. The summed E-state index contributed by atoms with van der Waals surface area (Å²) in [6.45, 7) is 14.9. The highest BCUT2D eigenvalue weighted by Gasteiger charge is 2.36. The Morgan fingerprint density at radius 3 is 2.67 bits per heavy atom. The van der Waals surface area contributed by atoms with Crippen LogP contribution in [0.15, 0.2) is 41.2 Å². The molecule has 1 unspecified atom stereocenters. The zero-order valence-electron chi connectivity index (χ0n) is 21.0. The molecule has 184 valence electrons. The molecule has 2 aromatic heterocycles. The molecular weight excluding hydrogens is 456 g/mol. The fourth-order valence-electron chi connectivity index (χ4n) is 5.07. The zero-order valence-corrected chi connectivity index (χ0v) is 21.0. The molecule has 3 heterocycles. The standard InChI is InChI=1S/C27H28N6O3/c1-16-15-33(17(2)14-32(16)18(3)19-8-7-9-20(12-19)27(35)36-6)25-21(13-28)26(34)31(5)22-10-11-23(29-4)30-24(22)25/h7-12,16-18H,14-15H2,1-3,5-6H3/t16-,17+,18?/m1/s1. The highest BCUT2D eigenvalue weighted by Crippen LogP contribution is 2.35. The van der Waals surface area contributed by atoms with Crippen molar-refractivity contribution in [3.8, 4) is 6.07 Å². The second-order valence-electron chi connectivity index (χ2n) is 9.19. The van der Waals surface area contributed by atoms with Crippen LogP contribution in [0, 0.1) is 17.9 Å². The number of nitriles is 1. The Morgan fingerprint density at radius 2 is 2.00 bits per heavy atom. The van der Waals surface area contributed by atoms with Crippen LogP contribution in [0.1, 0.15) is 48.3 Å². The average molecular weight is 485 g/mol. The molecule has 0 radical (unpaired) electrons. The number of carbonyl (C=O) groups is 1. The molecule has 3 aromatic rings. The molecule has 0 N–H and O–H groups in total. The molecule has 1 aliphatic heterocycles. The van der Waals surface area contributed by atoms with Gasteiger partial charge in [-0.25, -0.2) is 4.79 Å². The summed E-state index contributed by atoms with van der Waals surface area (Å²) in [6, 6.07) is 12.9. The predicted octanol–water partition coefficient (Wildman–Crippen LogP) is 3.80.